The Hall–Kier alpha value is -3.22. The molecule has 0 saturated heterocycles. The summed E-state index contributed by atoms with van der Waals surface area (Å²) in [5, 5.41) is 21.4. The van der Waals surface area contributed by atoms with E-state index in [0.717, 1.165) is 28.1 Å². The molecule has 0 aliphatic heterocycles. The van der Waals surface area contributed by atoms with Crippen LogP contribution in [-0.4, -0.2) is 29.3 Å². The molecule has 164 valence electrons. The molecule has 0 bridgehead atoms. The van der Waals surface area contributed by atoms with Crippen LogP contribution in [0, 0.1) is 11.3 Å². The van der Waals surface area contributed by atoms with Gasteiger partial charge in [-0.25, -0.2) is 0 Å². The fourth-order valence-electron chi connectivity index (χ4n) is 2.68. The molecular formula is C23H21BrN4O3S. The number of aromatic nitrogens is 2. The summed E-state index contributed by atoms with van der Waals surface area (Å²) < 4.78 is 12.3. The summed E-state index contributed by atoms with van der Waals surface area (Å²) in [6, 6.07) is 16.8. The first-order valence-electron chi connectivity index (χ1n) is 9.94. The Balaban J connectivity index is 1.68. The number of benzene rings is 2. The quantitative estimate of drug-likeness (QED) is 0.226. The lowest BCUT2D eigenvalue weighted by molar-refractivity contribution is -0.112. The third kappa shape index (κ3) is 6.90. The molecule has 1 aromatic heterocycles. The second-order valence-corrected chi connectivity index (χ2v) is 8.54. The van der Waals surface area contributed by atoms with Crippen LogP contribution in [-0.2, 0) is 11.2 Å². The molecule has 0 atom stereocenters. The summed E-state index contributed by atoms with van der Waals surface area (Å²) in [6.07, 6.45) is 3.22. The Kier molecular flexibility index (Phi) is 8.78. The minimum atomic E-state index is -0.551. The molecule has 3 rings (SSSR count). The summed E-state index contributed by atoms with van der Waals surface area (Å²) in [4.78, 5) is 12.6. The van der Waals surface area contributed by atoms with Crippen LogP contribution < -0.4 is 14.8 Å². The Morgan fingerprint density at radius 2 is 1.97 bits per heavy atom. The van der Waals surface area contributed by atoms with Gasteiger partial charge in [0, 0.05) is 16.5 Å². The summed E-state index contributed by atoms with van der Waals surface area (Å²) >= 11 is 4.72. The van der Waals surface area contributed by atoms with Crippen LogP contribution in [0.5, 0.6) is 11.5 Å². The molecule has 3 aromatic rings. The molecule has 7 nitrogen and oxygen atoms in total. The zero-order valence-corrected chi connectivity index (χ0v) is 19.8. The van der Waals surface area contributed by atoms with Crippen molar-refractivity contribution in [3.63, 3.8) is 0 Å². The predicted octanol–water partition coefficient (Wildman–Crippen LogP) is 5.26. The van der Waals surface area contributed by atoms with Gasteiger partial charge in [-0.3, -0.25) is 10.1 Å². The van der Waals surface area contributed by atoms with Crippen molar-refractivity contribution >= 4 is 44.4 Å². The van der Waals surface area contributed by atoms with Crippen LogP contribution in [0.4, 0.5) is 5.13 Å². The van der Waals surface area contributed by atoms with Crippen molar-refractivity contribution in [1.82, 2.24) is 10.2 Å². The summed E-state index contributed by atoms with van der Waals surface area (Å²) in [6.45, 7) is 2.70. The molecule has 0 spiro atoms. The monoisotopic (exact) mass is 512 g/mol. The highest BCUT2D eigenvalue weighted by atomic mass is 79.9. The smallest absolute Gasteiger partial charge is 0.268 e. The van der Waals surface area contributed by atoms with Crippen molar-refractivity contribution in [2.24, 2.45) is 0 Å². The molecule has 0 unspecified atom stereocenters. The van der Waals surface area contributed by atoms with E-state index in [0.29, 0.717) is 29.7 Å². The number of hydrogen-bond donors (Lipinski definition) is 1. The highest BCUT2D eigenvalue weighted by Gasteiger charge is 2.14. The van der Waals surface area contributed by atoms with Crippen molar-refractivity contribution in [2.75, 3.05) is 18.5 Å². The molecule has 0 fully saturated rings. The topological polar surface area (TPSA) is 97.1 Å². The van der Waals surface area contributed by atoms with Gasteiger partial charge in [-0.05, 0) is 42.8 Å². The van der Waals surface area contributed by atoms with E-state index in [1.54, 1.807) is 12.1 Å². The van der Waals surface area contributed by atoms with Gasteiger partial charge >= 0.3 is 0 Å². The van der Waals surface area contributed by atoms with Gasteiger partial charge in [0.25, 0.3) is 5.91 Å². The first-order valence-corrected chi connectivity index (χ1v) is 11.6. The van der Waals surface area contributed by atoms with Crippen LogP contribution in [0.3, 0.4) is 0 Å². The maximum Gasteiger partial charge on any atom is 0.268 e. The number of nitrogens with zero attached hydrogens (tertiary/aromatic N) is 3. The molecule has 1 N–H and O–H groups in total. The maximum absolute atomic E-state index is 12.6. The molecule has 0 radical (unpaired) electrons. The first-order chi connectivity index (χ1) is 15.6. The highest BCUT2D eigenvalue weighted by molar-refractivity contribution is 9.10. The van der Waals surface area contributed by atoms with E-state index >= 15 is 0 Å². The lowest BCUT2D eigenvalue weighted by atomic mass is 10.1. The second kappa shape index (κ2) is 12.0. The van der Waals surface area contributed by atoms with E-state index in [4.69, 9.17) is 9.47 Å². The summed E-state index contributed by atoms with van der Waals surface area (Å²) in [5.41, 5.74) is 0.524. The standard InChI is InChI=1S/C23H21BrN4O3S/c1-2-6-21-27-28-23(32-21)26-22(29)17(15-25)13-16-14-18(24)9-10-20(16)31-12-11-30-19-7-4-3-5-8-19/h3-5,7-10,13-14H,2,6,11-12H2,1H3,(H,26,28,29). The molecule has 0 aliphatic carbocycles. The van der Waals surface area contributed by atoms with Gasteiger partial charge in [0.2, 0.25) is 5.13 Å². The minimum absolute atomic E-state index is 0.0688. The molecule has 32 heavy (non-hydrogen) atoms. The Morgan fingerprint density at radius 3 is 2.72 bits per heavy atom. The van der Waals surface area contributed by atoms with Crippen LogP contribution in [0.15, 0.2) is 58.6 Å². The number of hydrogen-bond acceptors (Lipinski definition) is 7. The normalized spacial score (nSPS) is 11.0. The number of aryl methyl sites for hydroxylation is 1. The van der Waals surface area contributed by atoms with Gasteiger partial charge in [0.05, 0.1) is 0 Å². The number of amides is 1. The van der Waals surface area contributed by atoms with Crippen LogP contribution in [0.2, 0.25) is 0 Å². The zero-order valence-electron chi connectivity index (χ0n) is 17.4. The van der Waals surface area contributed by atoms with E-state index in [9.17, 15) is 10.1 Å². The van der Waals surface area contributed by atoms with Gasteiger partial charge in [-0.1, -0.05) is 52.4 Å². The molecular weight excluding hydrogens is 492 g/mol. The summed E-state index contributed by atoms with van der Waals surface area (Å²) in [7, 11) is 0. The van der Waals surface area contributed by atoms with Crippen LogP contribution in [0.1, 0.15) is 23.9 Å². The van der Waals surface area contributed by atoms with Gasteiger partial charge in [0.1, 0.15) is 41.4 Å². The number of nitrogens with one attached hydrogen (secondary N) is 1. The van der Waals surface area contributed by atoms with Gasteiger partial charge in [0.15, 0.2) is 0 Å². The minimum Gasteiger partial charge on any atom is -0.490 e. The zero-order chi connectivity index (χ0) is 22.8. The number of anilines is 1. The Labute approximate surface area is 198 Å². The lowest BCUT2D eigenvalue weighted by Crippen LogP contribution is -2.13. The maximum atomic E-state index is 12.6. The fourth-order valence-corrected chi connectivity index (χ4v) is 3.89. The number of ether oxygens (including phenoxy) is 2. The van der Waals surface area contributed by atoms with Crippen molar-refractivity contribution in [3.8, 4) is 17.6 Å². The molecule has 1 amide bonds. The highest BCUT2D eigenvalue weighted by Crippen LogP contribution is 2.26. The van der Waals surface area contributed by atoms with E-state index in [-0.39, 0.29) is 5.57 Å². The molecule has 0 saturated carbocycles. The van der Waals surface area contributed by atoms with Crippen molar-refractivity contribution in [3.05, 3.63) is 69.1 Å². The van der Waals surface area contributed by atoms with Crippen molar-refractivity contribution < 1.29 is 14.3 Å². The average Bonchev–Trinajstić information content (AvgIpc) is 3.23. The number of halogens is 1. The molecule has 0 aliphatic rings. The van der Waals surface area contributed by atoms with E-state index < -0.39 is 5.91 Å². The van der Waals surface area contributed by atoms with E-state index in [2.05, 4.69) is 31.4 Å². The fraction of sp³-hybridized carbons (Fsp3) is 0.217. The van der Waals surface area contributed by atoms with Gasteiger partial charge in [-0.2, -0.15) is 5.26 Å². The first kappa shape index (κ1) is 23.4. The molecule has 9 heteroatoms. The van der Waals surface area contributed by atoms with E-state index in [1.165, 1.54) is 17.4 Å². The number of para-hydroxylation sites is 1. The third-order valence-electron chi connectivity index (χ3n) is 4.14. The second-order valence-electron chi connectivity index (χ2n) is 6.57. The largest absolute Gasteiger partial charge is 0.490 e. The number of carbonyl (C=O) groups is 1. The van der Waals surface area contributed by atoms with Crippen molar-refractivity contribution in [2.45, 2.75) is 19.8 Å². The number of rotatable bonds is 10. The number of carbonyl (C=O) groups excluding carboxylic acids is 1. The Morgan fingerprint density at radius 1 is 1.19 bits per heavy atom. The van der Waals surface area contributed by atoms with Crippen LogP contribution >= 0.6 is 27.3 Å². The summed E-state index contributed by atoms with van der Waals surface area (Å²) in [5.74, 6) is 0.742. The van der Waals surface area contributed by atoms with E-state index in [1.807, 2.05) is 49.4 Å². The predicted molar refractivity (Wildman–Crippen MR) is 128 cm³/mol. The third-order valence-corrected chi connectivity index (χ3v) is 5.53. The average molecular weight is 513 g/mol. The molecule has 1 heterocycles. The number of nitriles is 1. The lowest BCUT2D eigenvalue weighted by Gasteiger charge is -2.11. The van der Waals surface area contributed by atoms with Gasteiger partial charge < -0.3 is 9.47 Å². The SMILES string of the molecule is CCCc1nnc(NC(=O)C(C#N)=Cc2cc(Br)ccc2OCCOc2ccccc2)s1. The molecule has 2 aromatic carbocycles. The van der Waals surface area contributed by atoms with Crippen LogP contribution in [0.25, 0.3) is 6.08 Å². The van der Waals surface area contributed by atoms with Crippen molar-refractivity contribution in [1.29, 1.82) is 5.26 Å². The van der Waals surface area contributed by atoms with Gasteiger partial charge in [-0.15, -0.1) is 10.2 Å². The Bertz CT molecular complexity index is 1130.